The number of ether oxygens (including phenoxy) is 1. The molecule has 0 aromatic heterocycles. The molecule has 0 spiro atoms. The summed E-state index contributed by atoms with van der Waals surface area (Å²) in [6.45, 7) is 2.41. The Morgan fingerprint density at radius 1 is 1.20 bits per heavy atom. The number of para-hydroxylation sites is 1. The predicted molar refractivity (Wildman–Crippen MR) is 81.6 cm³/mol. The Balaban J connectivity index is 2.19. The maximum atomic E-state index is 12.3. The summed E-state index contributed by atoms with van der Waals surface area (Å²) in [6, 6.07) is 14.6. The monoisotopic (exact) mass is 289 g/mol. The highest BCUT2D eigenvalue weighted by Crippen LogP contribution is 2.20. The third-order valence-corrected chi connectivity index (χ3v) is 3.08. The van der Waals surface area contributed by atoms with E-state index in [1.165, 1.54) is 0 Å². The number of carbonyl (C=O) groups excluding carboxylic acids is 1. The molecular formula is C16H16ClNO2. The van der Waals surface area contributed by atoms with Gasteiger partial charge in [0.25, 0.3) is 5.91 Å². The lowest BCUT2D eigenvalue weighted by Crippen LogP contribution is -2.13. The van der Waals surface area contributed by atoms with Crippen molar-refractivity contribution in [3.05, 3.63) is 59.7 Å². The Morgan fingerprint density at radius 3 is 2.75 bits per heavy atom. The molecule has 0 bridgehead atoms. The van der Waals surface area contributed by atoms with Crippen molar-refractivity contribution >= 4 is 23.2 Å². The first-order chi connectivity index (χ1) is 9.74. The van der Waals surface area contributed by atoms with Crippen LogP contribution in [0.2, 0.25) is 0 Å². The molecule has 0 heterocycles. The number of halogens is 1. The second kappa shape index (κ2) is 6.96. The number of rotatable bonds is 5. The predicted octanol–water partition coefficient (Wildman–Crippen LogP) is 4.08. The van der Waals surface area contributed by atoms with Gasteiger partial charge in [-0.25, -0.2) is 0 Å². The lowest BCUT2D eigenvalue weighted by molar-refractivity contribution is 0.102. The first-order valence-electron chi connectivity index (χ1n) is 6.42. The fraction of sp³-hybridized carbons (Fsp3) is 0.188. The minimum atomic E-state index is -0.194. The van der Waals surface area contributed by atoms with Gasteiger partial charge in [-0.3, -0.25) is 4.79 Å². The summed E-state index contributed by atoms with van der Waals surface area (Å²) in [4.78, 5) is 12.3. The van der Waals surface area contributed by atoms with Gasteiger partial charge < -0.3 is 10.1 Å². The van der Waals surface area contributed by atoms with Gasteiger partial charge in [-0.15, -0.1) is 11.6 Å². The number of hydrogen-bond acceptors (Lipinski definition) is 2. The maximum absolute atomic E-state index is 12.3. The van der Waals surface area contributed by atoms with Crippen LogP contribution in [-0.2, 0) is 5.88 Å². The molecule has 0 radical (unpaired) electrons. The molecule has 0 aliphatic rings. The van der Waals surface area contributed by atoms with Gasteiger partial charge in [0.1, 0.15) is 5.75 Å². The van der Waals surface area contributed by atoms with Gasteiger partial charge in [0.2, 0.25) is 0 Å². The molecule has 3 nitrogen and oxygen atoms in total. The molecule has 2 aromatic carbocycles. The van der Waals surface area contributed by atoms with E-state index in [0.29, 0.717) is 23.8 Å². The van der Waals surface area contributed by atoms with E-state index >= 15 is 0 Å². The van der Waals surface area contributed by atoms with E-state index in [1.54, 1.807) is 12.1 Å². The van der Waals surface area contributed by atoms with E-state index in [1.807, 2.05) is 43.3 Å². The van der Waals surface area contributed by atoms with E-state index in [-0.39, 0.29) is 5.91 Å². The smallest absolute Gasteiger partial charge is 0.259 e. The molecular weight excluding hydrogens is 274 g/mol. The first-order valence-corrected chi connectivity index (χ1v) is 6.96. The van der Waals surface area contributed by atoms with Crippen LogP contribution in [0.5, 0.6) is 5.75 Å². The molecule has 0 saturated heterocycles. The number of benzene rings is 2. The summed E-state index contributed by atoms with van der Waals surface area (Å²) >= 11 is 5.79. The van der Waals surface area contributed by atoms with Crippen LogP contribution >= 0.6 is 11.6 Å². The topological polar surface area (TPSA) is 38.3 Å². The van der Waals surface area contributed by atoms with Crippen molar-refractivity contribution in [1.82, 2.24) is 0 Å². The van der Waals surface area contributed by atoms with Crippen LogP contribution in [0, 0.1) is 0 Å². The van der Waals surface area contributed by atoms with Gasteiger partial charge in [0, 0.05) is 11.6 Å². The van der Waals surface area contributed by atoms with Crippen LogP contribution in [0.25, 0.3) is 0 Å². The molecule has 2 rings (SSSR count). The van der Waals surface area contributed by atoms with Gasteiger partial charge in [-0.1, -0.05) is 24.3 Å². The van der Waals surface area contributed by atoms with E-state index in [0.717, 1.165) is 11.3 Å². The molecule has 1 N–H and O–H groups in total. The highest BCUT2D eigenvalue weighted by atomic mass is 35.5. The molecule has 1 amide bonds. The van der Waals surface area contributed by atoms with Crippen molar-refractivity contribution in [2.75, 3.05) is 11.9 Å². The highest BCUT2D eigenvalue weighted by molar-refractivity contribution is 6.17. The van der Waals surface area contributed by atoms with Crippen LogP contribution < -0.4 is 10.1 Å². The zero-order valence-electron chi connectivity index (χ0n) is 11.2. The fourth-order valence-electron chi connectivity index (χ4n) is 1.87. The van der Waals surface area contributed by atoms with Gasteiger partial charge in [-0.05, 0) is 36.8 Å². The van der Waals surface area contributed by atoms with E-state index in [2.05, 4.69) is 5.32 Å². The molecule has 0 aliphatic heterocycles. The van der Waals surface area contributed by atoms with Gasteiger partial charge in [0.05, 0.1) is 12.2 Å². The van der Waals surface area contributed by atoms with Gasteiger partial charge in [0.15, 0.2) is 0 Å². The summed E-state index contributed by atoms with van der Waals surface area (Å²) in [5.74, 6) is 0.806. The Morgan fingerprint density at radius 2 is 2.00 bits per heavy atom. The molecule has 104 valence electrons. The average molecular weight is 290 g/mol. The van der Waals surface area contributed by atoms with Crippen LogP contribution in [0.1, 0.15) is 22.8 Å². The Kier molecular flexibility index (Phi) is 5.02. The molecule has 0 atom stereocenters. The van der Waals surface area contributed by atoms with Crippen LogP contribution in [-0.4, -0.2) is 12.5 Å². The third kappa shape index (κ3) is 3.52. The number of carbonyl (C=O) groups is 1. The minimum Gasteiger partial charge on any atom is -0.493 e. The normalized spacial score (nSPS) is 10.1. The number of alkyl halides is 1. The van der Waals surface area contributed by atoms with Crippen molar-refractivity contribution in [2.45, 2.75) is 12.8 Å². The third-order valence-electron chi connectivity index (χ3n) is 2.77. The summed E-state index contributed by atoms with van der Waals surface area (Å²) in [6.07, 6.45) is 0. The zero-order valence-corrected chi connectivity index (χ0v) is 12.0. The van der Waals surface area contributed by atoms with E-state index < -0.39 is 0 Å². The molecule has 20 heavy (non-hydrogen) atoms. The zero-order chi connectivity index (χ0) is 14.4. The largest absolute Gasteiger partial charge is 0.493 e. The lowest BCUT2D eigenvalue weighted by atomic mass is 10.1. The van der Waals surface area contributed by atoms with Crippen LogP contribution in [0.4, 0.5) is 5.69 Å². The maximum Gasteiger partial charge on any atom is 0.259 e. The van der Waals surface area contributed by atoms with Gasteiger partial charge >= 0.3 is 0 Å². The molecule has 4 heteroatoms. The number of nitrogens with one attached hydrogen (secondary N) is 1. The van der Waals surface area contributed by atoms with Crippen LogP contribution in [0.3, 0.4) is 0 Å². The molecule has 0 fully saturated rings. The Labute approximate surface area is 123 Å². The van der Waals surface area contributed by atoms with Crippen molar-refractivity contribution in [3.63, 3.8) is 0 Å². The van der Waals surface area contributed by atoms with Gasteiger partial charge in [-0.2, -0.15) is 0 Å². The fourth-order valence-corrected chi connectivity index (χ4v) is 2.03. The number of amides is 1. The standard InChI is InChI=1S/C16H16ClNO2/c1-2-20-15-9-4-3-8-14(15)16(19)18-13-7-5-6-12(10-13)11-17/h3-10H,2,11H2,1H3,(H,18,19). The van der Waals surface area contributed by atoms with Crippen LogP contribution in [0.15, 0.2) is 48.5 Å². The summed E-state index contributed by atoms with van der Waals surface area (Å²) in [5.41, 5.74) is 2.20. The number of hydrogen-bond donors (Lipinski definition) is 1. The first kappa shape index (κ1) is 14.4. The summed E-state index contributed by atoms with van der Waals surface area (Å²) < 4.78 is 5.46. The summed E-state index contributed by atoms with van der Waals surface area (Å²) in [7, 11) is 0. The Hall–Kier alpha value is -2.00. The van der Waals surface area contributed by atoms with Crippen molar-refractivity contribution in [2.24, 2.45) is 0 Å². The van der Waals surface area contributed by atoms with Crippen molar-refractivity contribution in [1.29, 1.82) is 0 Å². The molecule has 0 aliphatic carbocycles. The quantitative estimate of drug-likeness (QED) is 0.843. The lowest BCUT2D eigenvalue weighted by Gasteiger charge is -2.10. The second-order valence-corrected chi connectivity index (χ2v) is 4.48. The van der Waals surface area contributed by atoms with Crippen molar-refractivity contribution in [3.8, 4) is 5.75 Å². The number of anilines is 1. The minimum absolute atomic E-state index is 0.194. The second-order valence-electron chi connectivity index (χ2n) is 4.22. The SMILES string of the molecule is CCOc1ccccc1C(=O)Nc1cccc(CCl)c1. The highest BCUT2D eigenvalue weighted by Gasteiger charge is 2.12. The average Bonchev–Trinajstić information content (AvgIpc) is 2.48. The molecule has 2 aromatic rings. The molecule has 0 unspecified atom stereocenters. The summed E-state index contributed by atoms with van der Waals surface area (Å²) in [5, 5.41) is 2.85. The van der Waals surface area contributed by atoms with E-state index in [9.17, 15) is 4.79 Å². The molecule has 0 saturated carbocycles. The van der Waals surface area contributed by atoms with Crippen molar-refractivity contribution < 1.29 is 9.53 Å². The van der Waals surface area contributed by atoms with E-state index in [4.69, 9.17) is 16.3 Å². The Bertz CT molecular complexity index is 599.